The first-order valence-corrected chi connectivity index (χ1v) is 6.80. The molecule has 1 N–H and O–H groups in total. The van der Waals surface area contributed by atoms with Crippen LogP contribution in [-0.2, 0) is 0 Å². The molecule has 0 unspecified atom stereocenters. The highest BCUT2D eigenvalue weighted by molar-refractivity contribution is 5.89. The van der Waals surface area contributed by atoms with Gasteiger partial charge in [-0.1, -0.05) is 24.3 Å². The molecule has 3 rings (SSSR count). The van der Waals surface area contributed by atoms with E-state index in [1.165, 1.54) is 0 Å². The van der Waals surface area contributed by atoms with Crippen LogP contribution in [0, 0.1) is 13.8 Å². The van der Waals surface area contributed by atoms with E-state index < -0.39 is 5.63 Å². The highest BCUT2D eigenvalue weighted by atomic mass is 16.4. The molecule has 0 fully saturated rings. The predicted octanol–water partition coefficient (Wildman–Crippen LogP) is 4.53. The lowest BCUT2D eigenvalue weighted by atomic mass is 10.1. The number of azo groups is 1. The maximum Gasteiger partial charge on any atom is 0.368 e. The van der Waals surface area contributed by atoms with Crippen LogP contribution in [0.3, 0.4) is 0 Å². The van der Waals surface area contributed by atoms with Crippen molar-refractivity contribution in [3.8, 4) is 5.75 Å². The van der Waals surface area contributed by atoms with Crippen LogP contribution in [0.1, 0.15) is 11.1 Å². The molecular weight excluding hydrogens is 280 g/mol. The Balaban J connectivity index is 2.19. The molecule has 2 aromatic carbocycles. The zero-order chi connectivity index (χ0) is 15.7. The molecule has 0 atom stereocenters. The molecular formula is C17H14N2O3. The van der Waals surface area contributed by atoms with Crippen LogP contribution >= 0.6 is 0 Å². The van der Waals surface area contributed by atoms with Gasteiger partial charge in [0.2, 0.25) is 5.69 Å². The van der Waals surface area contributed by atoms with Crippen molar-refractivity contribution >= 4 is 22.3 Å². The van der Waals surface area contributed by atoms with Crippen LogP contribution in [0.4, 0.5) is 11.4 Å². The maximum atomic E-state index is 12.0. The molecule has 0 aliphatic heterocycles. The van der Waals surface area contributed by atoms with Crippen molar-refractivity contribution in [2.75, 3.05) is 0 Å². The third-order valence-electron chi connectivity index (χ3n) is 3.31. The Morgan fingerprint density at radius 3 is 2.50 bits per heavy atom. The first-order chi connectivity index (χ1) is 10.6. The molecule has 5 nitrogen and oxygen atoms in total. The number of hydrogen-bond donors (Lipinski definition) is 1. The lowest BCUT2D eigenvalue weighted by Gasteiger charge is -2.06. The van der Waals surface area contributed by atoms with Gasteiger partial charge in [0.1, 0.15) is 5.58 Å². The molecule has 22 heavy (non-hydrogen) atoms. The van der Waals surface area contributed by atoms with Crippen molar-refractivity contribution < 1.29 is 9.52 Å². The predicted molar refractivity (Wildman–Crippen MR) is 84.2 cm³/mol. The molecule has 0 bridgehead atoms. The highest BCUT2D eigenvalue weighted by Gasteiger charge is 2.15. The van der Waals surface area contributed by atoms with Gasteiger partial charge in [-0.2, -0.15) is 5.11 Å². The molecule has 1 aromatic heterocycles. The van der Waals surface area contributed by atoms with Crippen LogP contribution in [0.25, 0.3) is 11.0 Å². The molecule has 0 radical (unpaired) electrons. The molecule has 3 aromatic rings. The zero-order valence-electron chi connectivity index (χ0n) is 12.2. The highest BCUT2D eigenvalue weighted by Crippen LogP contribution is 2.34. The van der Waals surface area contributed by atoms with Crippen LogP contribution in [0.15, 0.2) is 61.9 Å². The van der Waals surface area contributed by atoms with Crippen molar-refractivity contribution in [2.24, 2.45) is 10.2 Å². The summed E-state index contributed by atoms with van der Waals surface area (Å²) in [5.41, 5.74) is 1.79. The van der Waals surface area contributed by atoms with Gasteiger partial charge in [0.05, 0.1) is 11.1 Å². The second-order valence-electron chi connectivity index (χ2n) is 5.08. The fourth-order valence-corrected chi connectivity index (χ4v) is 2.32. The second-order valence-corrected chi connectivity index (χ2v) is 5.08. The van der Waals surface area contributed by atoms with Gasteiger partial charge >= 0.3 is 5.63 Å². The van der Waals surface area contributed by atoms with E-state index in [9.17, 15) is 9.90 Å². The fourth-order valence-electron chi connectivity index (χ4n) is 2.32. The summed E-state index contributed by atoms with van der Waals surface area (Å²) in [4.78, 5) is 12.0. The first kappa shape index (κ1) is 14.0. The minimum Gasteiger partial charge on any atom is -0.505 e. The molecule has 110 valence electrons. The number of aromatic hydroxyl groups is 1. The summed E-state index contributed by atoms with van der Waals surface area (Å²) in [5, 5.41) is 18.6. The number of nitrogens with zero attached hydrogens (tertiary/aromatic N) is 2. The molecule has 0 saturated carbocycles. The third kappa shape index (κ3) is 2.48. The Morgan fingerprint density at radius 1 is 1.05 bits per heavy atom. The Bertz CT molecular complexity index is 928. The van der Waals surface area contributed by atoms with Gasteiger partial charge in [0, 0.05) is 0 Å². The fraction of sp³-hybridized carbons (Fsp3) is 0.118. The lowest BCUT2D eigenvalue weighted by Crippen LogP contribution is -1.99. The van der Waals surface area contributed by atoms with Crippen LogP contribution in [0.5, 0.6) is 5.75 Å². The maximum absolute atomic E-state index is 12.0. The number of aryl methyl sites for hydroxylation is 2. The average Bonchev–Trinajstić information content (AvgIpc) is 2.49. The molecule has 5 heteroatoms. The number of benzene rings is 2. The topological polar surface area (TPSA) is 75.2 Å². The summed E-state index contributed by atoms with van der Waals surface area (Å²) < 4.78 is 5.28. The largest absolute Gasteiger partial charge is 0.505 e. The Labute approximate surface area is 126 Å². The van der Waals surface area contributed by atoms with Gasteiger partial charge in [0.25, 0.3) is 0 Å². The van der Waals surface area contributed by atoms with Gasteiger partial charge in [0.15, 0.2) is 5.75 Å². The molecule has 0 amide bonds. The van der Waals surface area contributed by atoms with Gasteiger partial charge < -0.3 is 9.52 Å². The number of rotatable bonds is 2. The van der Waals surface area contributed by atoms with E-state index in [1.807, 2.05) is 38.1 Å². The van der Waals surface area contributed by atoms with Crippen LogP contribution < -0.4 is 5.63 Å². The minimum absolute atomic E-state index is 0.193. The van der Waals surface area contributed by atoms with E-state index in [4.69, 9.17) is 4.42 Å². The lowest BCUT2D eigenvalue weighted by molar-refractivity contribution is 0.469. The summed E-state index contributed by atoms with van der Waals surface area (Å²) in [6.45, 7) is 3.73. The standard InChI is InChI=1S/C17H14N2O3/c1-10-8-11(2)16-13(9-10)15(20)14(17(21)22-16)19-18-12-6-4-3-5-7-12/h3-9,20H,1-2H3. The van der Waals surface area contributed by atoms with E-state index in [-0.39, 0.29) is 11.4 Å². The van der Waals surface area contributed by atoms with Crippen molar-refractivity contribution in [3.05, 3.63) is 64.0 Å². The summed E-state index contributed by atoms with van der Waals surface area (Å²) in [5.74, 6) is -0.210. The molecule has 0 spiro atoms. The van der Waals surface area contributed by atoms with Crippen LogP contribution in [-0.4, -0.2) is 5.11 Å². The normalized spacial score (nSPS) is 11.4. The number of fused-ring (bicyclic) bond motifs is 1. The Kier molecular flexibility index (Phi) is 3.47. The van der Waals surface area contributed by atoms with Gasteiger partial charge in [-0.15, -0.1) is 5.11 Å². The summed E-state index contributed by atoms with van der Waals surface area (Å²) in [6, 6.07) is 12.6. The van der Waals surface area contributed by atoms with Crippen molar-refractivity contribution in [2.45, 2.75) is 13.8 Å². The summed E-state index contributed by atoms with van der Waals surface area (Å²) >= 11 is 0. The van der Waals surface area contributed by atoms with E-state index in [0.29, 0.717) is 16.7 Å². The van der Waals surface area contributed by atoms with Crippen LogP contribution in [0.2, 0.25) is 0 Å². The average molecular weight is 294 g/mol. The van der Waals surface area contributed by atoms with Crippen molar-refractivity contribution in [1.82, 2.24) is 0 Å². The van der Waals surface area contributed by atoms with E-state index in [0.717, 1.165) is 11.1 Å². The van der Waals surface area contributed by atoms with E-state index in [2.05, 4.69) is 10.2 Å². The SMILES string of the molecule is Cc1cc(C)c2oc(=O)c(N=Nc3ccccc3)c(O)c2c1. The molecule has 0 aliphatic rings. The molecule has 0 saturated heterocycles. The minimum atomic E-state index is -0.711. The second kappa shape index (κ2) is 5.44. The monoisotopic (exact) mass is 294 g/mol. The summed E-state index contributed by atoms with van der Waals surface area (Å²) in [6.07, 6.45) is 0. The van der Waals surface area contributed by atoms with Gasteiger partial charge in [-0.25, -0.2) is 4.79 Å². The first-order valence-electron chi connectivity index (χ1n) is 6.80. The molecule has 1 heterocycles. The smallest absolute Gasteiger partial charge is 0.368 e. The number of hydrogen-bond acceptors (Lipinski definition) is 5. The molecule has 0 aliphatic carbocycles. The van der Waals surface area contributed by atoms with Gasteiger partial charge in [-0.05, 0) is 43.2 Å². The van der Waals surface area contributed by atoms with Gasteiger partial charge in [-0.3, -0.25) is 0 Å². The third-order valence-corrected chi connectivity index (χ3v) is 3.31. The summed E-state index contributed by atoms with van der Waals surface area (Å²) in [7, 11) is 0. The quantitative estimate of drug-likeness (QED) is 0.557. The van der Waals surface area contributed by atoms with Crippen molar-refractivity contribution in [1.29, 1.82) is 0 Å². The van der Waals surface area contributed by atoms with E-state index in [1.54, 1.807) is 18.2 Å². The Morgan fingerprint density at radius 2 is 1.77 bits per heavy atom. The van der Waals surface area contributed by atoms with Crippen molar-refractivity contribution in [3.63, 3.8) is 0 Å². The van der Waals surface area contributed by atoms with E-state index >= 15 is 0 Å². The Hall–Kier alpha value is -2.95. The zero-order valence-corrected chi connectivity index (χ0v) is 12.2.